The van der Waals surface area contributed by atoms with E-state index in [4.69, 9.17) is 4.74 Å². The second kappa shape index (κ2) is 6.43. The van der Waals surface area contributed by atoms with Gasteiger partial charge in [0.1, 0.15) is 0 Å². The maximum absolute atomic E-state index is 12.6. The van der Waals surface area contributed by atoms with Crippen molar-refractivity contribution in [2.75, 3.05) is 7.11 Å². The lowest BCUT2D eigenvalue weighted by atomic mass is 9.68. The van der Waals surface area contributed by atoms with E-state index in [2.05, 4.69) is 60.7 Å². The molecule has 0 amide bonds. The summed E-state index contributed by atoms with van der Waals surface area (Å²) in [6, 6.07) is 21.4. The SMILES string of the molecule is COC(=O)[C@H]1[C@H]2CC[C@@H](C2)[C@H]1C(c1ccccc1)c1ccccc1. The molecule has 0 aromatic heterocycles. The van der Waals surface area contributed by atoms with Crippen LogP contribution in [0.3, 0.4) is 0 Å². The van der Waals surface area contributed by atoms with Gasteiger partial charge in [0.2, 0.25) is 0 Å². The van der Waals surface area contributed by atoms with Crippen molar-refractivity contribution >= 4 is 5.97 Å². The minimum Gasteiger partial charge on any atom is -0.469 e. The standard InChI is InChI=1S/C22H24O2/c1-24-22(23)21-18-13-12-17(14-18)20(21)19(15-8-4-2-5-9-15)16-10-6-3-7-11-16/h2-11,17-21H,12-14H2,1H3/t17-,18-,20-,21-/m0/s1. The summed E-state index contributed by atoms with van der Waals surface area (Å²) in [6.45, 7) is 0. The molecule has 2 aromatic rings. The summed E-state index contributed by atoms with van der Waals surface area (Å²) in [4.78, 5) is 12.6. The maximum Gasteiger partial charge on any atom is 0.309 e. The lowest BCUT2D eigenvalue weighted by Gasteiger charge is -2.36. The van der Waals surface area contributed by atoms with Crippen LogP contribution >= 0.6 is 0 Å². The molecule has 4 rings (SSSR count). The summed E-state index contributed by atoms with van der Waals surface area (Å²) in [5.41, 5.74) is 2.63. The number of carbonyl (C=O) groups is 1. The predicted octanol–water partition coefficient (Wildman–Crippen LogP) is 4.65. The number of fused-ring (bicyclic) bond motifs is 2. The van der Waals surface area contributed by atoms with Crippen LogP contribution in [0.25, 0.3) is 0 Å². The van der Waals surface area contributed by atoms with Gasteiger partial charge in [-0.3, -0.25) is 4.79 Å². The predicted molar refractivity (Wildman–Crippen MR) is 94.6 cm³/mol. The van der Waals surface area contributed by atoms with E-state index in [1.165, 1.54) is 37.5 Å². The van der Waals surface area contributed by atoms with E-state index < -0.39 is 0 Å². The van der Waals surface area contributed by atoms with E-state index >= 15 is 0 Å². The van der Waals surface area contributed by atoms with E-state index in [1.54, 1.807) is 0 Å². The monoisotopic (exact) mass is 320 g/mol. The van der Waals surface area contributed by atoms with Crippen molar-refractivity contribution in [3.8, 4) is 0 Å². The first kappa shape index (κ1) is 15.4. The highest BCUT2D eigenvalue weighted by molar-refractivity contribution is 5.74. The Labute approximate surface area is 143 Å². The third-order valence-corrected chi connectivity index (χ3v) is 6.16. The Morgan fingerprint density at radius 1 is 0.917 bits per heavy atom. The number of hydrogen-bond donors (Lipinski definition) is 0. The molecule has 2 aromatic carbocycles. The molecule has 0 saturated heterocycles. The summed E-state index contributed by atoms with van der Waals surface area (Å²) >= 11 is 0. The number of methoxy groups -OCH3 is 1. The number of carbonyl (C=O) groups excluding carboxylic acids is 1. The topological polar surface area (TPSA) is 26.3 Å². The van der Waals surface area contributed by atoms with E-state index in [-0.39, 0.29) is 17.8 Å². The number of esters is 1. The minimum atomic E-state index is -0.0101. The molecule has 2 aliphatic rings. The number of ether oxygens (including phenoxy) is 1. The van der Waals surface area contributed by atoms with Crippen LogP contribution < -0.4 is 0 Å². The summed E-state index contributed by atoms with van der Waals surface area (Å²) < 4.78 is 5.20. The average molecular weight is 320 g/mol. The fourth-order valence-corrected chi connectivity index (χ4v) is 5.26. The molecule has 0 N–H and O–H groups in total. The Hall–Kier alpha value is -2.09. The molecule has 2 heteroatoms. The Bertz CT molecular complexity index is 655. The highest BCUT2D eigenvalue weighted by atomic mass is 16.5. The molecule has 0 aliphatic heterocycles. The van der Waals surface area contributed by atoms with Crippen molar-refractivity contribution in [3.63, 3.8) is 0 Å². The largest absolute Gasteiger partial charge is 0.469 e. The molecule has 2 aliphatic carbocycles. The van der Waals surface area contributed by atoms with E-state index in [9.17, 15) is 4.79 Å². The molecule has 0 unspecified atom stereocenters. The Kier molecular flexibility index (Phi) is 4.13. The molecule has 2 saturated carbocycles. The van der Waals surface area contributed by atoms with Gasteiger partial charge in [-0.05, 0) is 48.1 Å². The second-order valence-electron chi connectivity index (χ2n) is 7.26. The van der Waals surface area contributed by atoms with Crippen LogP contribution in [-0.2, 0) is 9.53 Å². The first-order valence-corrected chi connectivity index (χ1v) is 8.97. The Morgan fingerprint density at radius 2 is 1.46 bits per heavy atom. The normalized spacial score (nSPS) is 28.2. The molecule has 2 fully saturated rings. The average Bonchev–Trinajstić information content (AvgIpc) is 3.25. The van der Waals surface area contributed by atoms with Crippen molar-refractivity contribution in [1.29, 1.82) is 0 Å². The van der Waals surface area contributed by atoms with Crippen molar-refractivity contribution < 1.29 is 9.53 Å². The van der Waals surface area contributed by atoms with Gasteiger partial charge in [-0.15, -0.1) is 0 Å². The highest BCUT2D eigenvalue weighted by Crippen LogP contribution is 2.58. The molecular weight excluding hydrogens is 296 g/mol. The van der Waals surface area contributed by atoms with Gasteiger partial charge >= 0.3 is 5.97 Å². The quantitative estimate of drug-likeness (QED) is 0.766. The molecule has 0 spiro atoms. The lowest BCUT2D eigenvalue weighted by molar-refractivity contribution is -0.149. The van der Waals surface area contributed by atoms with Crippen LogP contribution in [0, 0.1) is 23.7 Å². The summed E-state index contributed by atoms with van der Waals surface area (Å²) in [5, 5.41) is 0. The van der Waals surface area contributed by atoms with E-state index in [1.807, 2.05) is 0 Å². The number of hydrogen-bond acceptors (Lipinski definition) is 2. The minimum absolute atomic E-state index is 0.0101. The van der Waals surface area contributed by atoms with Gasteiger partial charge < -0.3 is 4.74 Å². The van der Waals surface area contributed by atoms with Gasteiger partial charge in [-0.1, -0.05) is 60.7 Å². The molecular formula is C22H24O2. The second-order valence-corrected chi connectivity index (χ2v) is 7.26. The van der Waals surface area contributed by atoms with Gasteiger partial charge in [0.15, 0.2) is 0 Å². The molecule has 2 nitrogen and oxygen atoms in total. The lowest BCUT2D eigenvalue weighted by Crippen LogP contribution is -2.34. The zero-order valence-corrected chi connectivity index (χ0v) is 14.1. The van der Waals surface area contributed by atoms with Gasteiger partial charge in [0, 0.05) is 5.92 Å². The molecule has 0 heterocycles. The zero-order chi connectivity index (χ0) is 16.5. The van der Waals surface area contributed by atoms with Crippen molar-refractivity contribution in [3.05, 3.63) is 71.8 Å². The van der Waals surface area contributed by atoms with Crippen LogP contribution in [0.4, 0.5) is 0 Å². The van der Waals surface area contributed by atoms with E-state index in [0.29, 0.717) is 17.8 Å². The maximum atomic E-state index is 12.6. The number of rotatable bonds is 4. The Balaban J connectivity index is 1.80. The first-order chi connectivity index (χ1) is 11.8. The third-order valence-electron chi connectivity index (χ3n) is 6.16. The molecule has 24 heavy (non-hydrogen) atoms. The van der Waals surface area contributed by atoms with Crippen LogP contribution in [0.15, 0.2) is 60.7 Å². The summed E-state index contributed by atoms with van der Waals surface area (Å²) in [7, 11) is 1.53. The zero-order valence-electron chi connectivity index (χ0n) is 14.1. The molecule has 124 valence electrons. The van der Waals surface area contributed by atoms with Crippen molar-refractivity contribution in [1.82, 2.24) is 0 Å². The van der Waals surface area contributed by atoms with Crippen LogP contribution in [-0.4, -0.2) is 13.1 Å². The van der Waals surface area contributed by atoms with E-state index in [0.717, 1.165) is 0 Å². The fraction of sp³-hybridized carbons (Fsp3) is 0.409. The molecule has 4 atom stereocenters. The van der Waals surface area contributed by atoms with Crippen LogP contribution in [0.5, 0.6) is 0 Å². The van der Waals surface area contributed by atoms with Gasteiger partial charge in [-0.2, -0.15) is 0 Å². The third kappa shape index (κ3) is 2.54. The van der Waals surface area contributed by atoms with Crippen LogP contribution in [0.2, 0.25) is 0 Å². The summed E-state index contributed by atoms with van der Waals surface area (Å²) in [5.74, 6) is 1.78. The number of benzene rings is 2. The van der Waals surface area contributed by atoms with Gasteiger partial charge in [-0.25, -0.2) is 0 Å². The first-order valence-electron chi connectivity index (χ1n) is 8.97. The fourth-order valence-electron chi connectivity index (χ4n) is 5.26. The smallest absolute Gasteiger partial charge is 0.309 e. The van der Waals surface area contributed by atoms with Crippen molar-refractivity contribution in [2.24, 2.45) is 23.7 Å². The summed E-state index contributed by atoms with van der Waals surface area (Å²) in [6.07, 6.45) is 3.61. The van der Waals surface area contributed by atoms with Gasteiger partial charge in [0.25, 0.3) is 0 Å². The van der Waals surface area contributed by atoms with Crippen molar-refractivity contribution in [2.45, 2.75) is 25.2 Å². The highest BCUT2D eigenvalue weighted by Gasteiger charge is 2.54. The molecule has 2 bridgehead atoms. The van der Waals surface area contributed by atoms with Crippen LogP contribution in [0.1, 0.15) is 36.3 Å². The molecule has 0 radical (unpaired) electrons. The Morgan fingerprint density at radius 3 is 2.00 bits per heavy atom. The van der Waals surface area contributed by atoms with Gasteiger partial charge in [0.05, 0.1) is 13.0 Å².